The summed E-state index contributed by atoms with van der Waals surface area (Å²) in [5, 5.41) is 18.5. The lowest BCUT2D eigenvalue weighted by Gasteiger charge is -2.14. The predicted molar refractivity (Wildman–Crippen MR) is 70.6 cm³/mol. The van der Waals surface area contributed by atoms with E-state index in [1.54, 1.807) is 30.3 Å². The Balaban J connectivity index is 2.36. The van der Waals surface area contributed by atoms with Gasteiger partial charge in [-0.2, -0.15) is 0 Å². The Hall–Kier alpha value is -1.85. The van der Waals surface area contributed by atoms with E-state index in [1.807, 2.05) is 0 Å². The summed E-state index contributed by atoms with van der Waals surface area (Å²) in [6.07, 6.45) is -0.966. The SMILES string of the molecule is COc1ccc(C(O)c2cc(Cl)ccc2OC)nn1. The second-order valence-electron chi connectivity index (χ2n) is 3.79. The number of hydrogen-bond donors (Lipinski definition) is 1. The van der Waals surface area contributed by atoms with E-state index >= 15 is 0 Å². The molecule has 1 aromatic carbocycles. The van der Waals surface area contributed by atoms with Gasteiger partial charge in [0, 0.05) is 16.7 Å². The van der Waals surface area contributed by atoms with E-state index < -0.39 is 6.10 Å². The zero-order valence-corrected chi connectivity index (χ0v) is 11.3. The number of nitrogens with zero attached hydrogens (tertiary/aromatic N) is 2. The van der Waals surface area contributed by atoms with Gasteiger partial charge in [0.1, 0.15) is 11.9 Å². The van der Waals surface area contributed by atoms with Crippen LogP contribution in [-0.4, -0.2) is 29.5 Å². The molecule has 2 aromatic rings. The van der Waals surface area contributed by atoms with E-state index in [1.165, 1.54) is 14.2 Å². The molecule has 1 aromatic heterocycles. The average molecular weight is 281 g/mol. The van der Waals surface area contributed by atoms with Crippen molar-refractivity contribution in [1.29, 1.82) is 0 Å². The van der Waals surface area contributed by atoms with Gasteiger partial charge in [-0.3, -0.25) is 0 Å². The second kappa shape index (κ2) is 5.86. The van der Waals surface area contributed by atoms with E-state index in [9.17, 15) is 5.11 Å². The number of aromatic nitrogens is 2. The summed E-state index contributed by atoms with van der Waals surface area (Å²) < 4.78 is 10.1. The van der Waals surface area contributed by atoms with Crippen LogP contribution in [0.2, 0.25) is 5.02 Å². The van der Waals surface area contributed by atoms with Crippen molar-refractivity contribution in [2.75, 3.05) is 14.2 Å². The first kappa shape index (κ1) is 13.6. The molecule has 19 heavy (non-hydrogen) atoms. The first-order valence-electron chi connectivity index (χ1n) is 5.55. The molecule has 0 bridgehead atoms. The standard InChI is InChI=1S/C13H13ClN2O3/c1-18-11-5-3-8(14)7-9(11)13(17)10-4-6-12(19-2)16-15-10/h3-7,13,17H,1-2H3. The fourth-order valence-electron chi connectivity index (χ4n) is 1.66. The van der Waals surface area contributed by atoms with Crippen molar-refractivity contribution in [1.82, 2.24) is 10.2 Å². The summed E-state index contributed by atoms with van der Waals surface area (Å²) in [6.45, 7) is 0. The molecule has 100 valence electrons. The zero-order chi connectivity index (χ0) is 13.8. The van der Waals surface area contributed by atoms with Crippen LogP contribution in [0, 0.1) is 0 Å². The van der Waals surface area contributed by atoms with Crippen molar-refractivity contribution in [2.24, 2.45) is 0 Å². The van der Waals surface area contributed by atoms with Gasteiger partial charge in [0.2, 0.25) is 5.88 Å². The second-order valence-corrected chi connectivity index (χ2v) is 4.23. The van der Waals surface area contributed by atoms with Crippen LogP contribution in [0.4, 0.5) is 0 Å². The summed E-state index contributed by atoms with van der Waals surface area (Å²) in [4.78, 5) is 0. The minimum atomic E-state index is -0.966. The van der Waals surface area contributed by atoms with Gasteiger partial charge < -0.3 is 14.6 Å². The molecule has 0 fully saturated rings. The molecule has 5 nitrogen and oxygen atoms in total. The molecule has 0 aliphatic carbocycles. The Morgan fingerprint density at radius 1 is 1.11 bits per heavy atom. The zero-order valence-electron chi connectivity index (χ0n) is 10.5. The molecule has 0 aliphatic rings. The van der Waals surface area contributed by atoms with Crippen LogP contribution in [0.1, 0.15) is 17.4 Å². The van der Waals surface area contributed by atoms with Crippen LogP contribution in [0.15, 0.2) is 30.3 Å². The molecule has 0 saturated carbocycles. The number of ether oxygens (including phenoxy) is 2. The Bertz CT molecular complexity index is 560. The van der Waals surface area contributed by atoms with Crippen molar-refractivity contribution in [2.45, 2.75) is 6.10 Å². The van der Waals surface area contributed by atoms with Crippen molar-refractivity contribution < 1.29 is 14.6 Å². The number of halogens is 1. The molecule has 0 radical (unpaired) electrons. The maximum absolute atomic E-state index is 10.3. The summed E-state index contributed by atoms with van der Waals surface area (Å²) in [5.74, 6) is 0.920. The van der Waals surface area contributed by atoms with E-state index in [0.717, 1.165) is 0 Å². The van der Waals surface area contributed by atoms with Crippen molar-refractivity contribution in [3.05, 3.63) is 46.6 Å². The highest BCUT2D eigenvalue weighted by atomic mass is 35.5. The van der Waals surface area contributed by atoms with Crippen LogP contribution in [0.25, 0.3) is 0 Å². The normalized spacial score (nSPS) is 12.0. The van der Waals surface area contributed by atoms with E-state index in [2.05, 4.69) is 10.2 Å². The average Bonchev–Trinajstić information content (AvgIpc) is 2.46. The highest BCUT2D eigenvalue weighted by molar-refractivity contribution is 6.30. The summed E-state index contributed by atoms with van der Waals surface area (Å²) >= 11 is 5.93. The number of benzene rings is 1. The topological polar surface area (TPSA) is 64.5 Å². The molecular weight excluding hydrogens is 268 g/mol. The number of rotatable bonds is 4. The van der Waals surface area contributed by atoms with Gasteiger partial charge in [-0.15, -0.1) is 10.2 Å². The number of aliphatic hydroxyl groups excluding tert-OH is 1. The molecule has 6 heteroatoms. The van der Waals surface area contributed by atoms with Gasteiger partial charge in [0.25, 0.3) is 0 Å². The number of methoxy groups -OCH3 is 2. The van der Waals surface area contributed by atoms with Gasteiger partial charge in [-0.05, 0) is 24.3 Å². The van der Waals surface area contributed by atoms with Crippen LogP contribution in [0.3, 0.4) is 0 Å². The van der Waals surface area contributed by atoms with Gasteiger partial charge in [0.15, 0.2) is 0 Å². The van der Waals surface area contributed by atoms with Crippen LogP contribution < -0.4 is 9.47 Å². The van der Waals surface area contributed by atoms with E-state index in [-0.39, 0.29) is 0 Å². The Kier molecular flexibility index (Phi) is 4.19. The van der Waals surface area contributed by atoms with E-state index in [0.29, 0.717) is 27.9 Å². The molecule has 0 amide bonds. The third-order valence-electron chi connectivity index (χ3n) is 2.64. The van der Waals surface area contributed by atoms with Crippen molar-refractivity contribution in [3.8, 4) is 11.6 Å². The molecule has 1 atom stereocenters. The smallest absolute Gasteiger partial charge is 0.233 e. The van der Waals surface area contributed by atoms with Crippen molar-refractivity contribution >= 4 is 11.6 Å². The highest BCUT2D eigenvalue weighted by Gasteiger charge is 2.17. The predicted octanol–water partition coefficient (Wildman–Crippen LogP) is 2.23. The third-order valence-corrected chi connectivity index (χ3v) is 2.87. The quantitative estimate of drug-likeness (QED) is 0.930. The third kappa shape index (κ3) is 2.94. The first-order chi connectivity index (χ1) is 9.15. The minimum absolute atomic E-state index is 0.383. The summed E-state index contributed by atoms with van der Waals surface area (Å²) in [5.41, 5.74) is 0.927. The maximum atomic E-state index is 10.3. The molecule has 1 unspecified atom stereocenters. The first-order valence-corrected chi connectivity index (χ1v) is 5.92. The lowest BCUT2D eigenvalue weighted by Crippen LogP contribution is -2.06. The molecule has 0 aliphatic heterocycles. The molecule has 0 saturated heterocycles. The summed E-state index contributed by atoms with van der Waals surface area (Å²) in [6, 6.07) is 8.28. The monoisotopic (exact) mass is 280 g/mol. The largest absolute Gasteiger partial charge is 0.496 e. The van der Waals surface area contributed by atoms with Gasteiger partial charge in [-0.25, -0.2) is 0 Å². The number of aliphatic hydroxyl groups is 1. The molecule has 1 heterocycles. The Morgan fingerprint density at radius 2 is 1.89 bits per heavy atom. The Labute approximate surface area is 115 Å². The highest BCUT2D eigenvalue weighted by Crippen LogP contribution is 2.31. The molecule has 1 N–H and O–H groups in total. The van der Waals surface area contributed by atoms with Crippen LogP contribution in [0.5, 0.6) is 11.6 Å². The van der Waals surface area contributed by atoms with Gasteiger partial charge in [-0.1, -0.05) is 11.6 Å². The lowest BCUT2D eigenvalue weighted by atomic mass is 10.1. The fraction of sp³-hybridized carbons (Fsp3) is 0.231. The molecule has 0 spiro atoms. The summed E-state index contributed by atoms with van der Waals surface area (Å²) in [7, 11) is 3.03. The van der Waals surface area contributed by atoms with Gasteiger partial charge >= 0.3 is 0 Å². The fourth-order valence-corrected chi connectivity index (χ4v) is 1.84. The van der Waals surface area contributed by atoms with Crippen molar-refractivity contribution in [3.63, 3.8) is 0 Å². The van der Waals surface area contributed by atoms with Crippen LogP contribution >= 0.6 is 11.6 Å². The number of hydrogen-bond acceptors (Lipinski definition) is 5. The maximum Gasteiger partial charge on any atom is 0.233 e. The molecular formula is C13H13ClN2O3. The van der Waals surface area contributed by atoms with Gasteiger partial charge in [0.05, 0.1) is 19.9 Å². The lowest BCUT2D eigenvalue weighted by molar-refractivity contribution is 0.208. The van der Waals surface area contributed by atoms with Crippen LogP contribution in [-0.2, 0) is 0 Å². The van der Waals surface area contributed by atoms with E-state index in [4.69, 9.17) is 21.1 Å². The molecule has 2 rings (SSSR count). The Morgan fingerprint density at radius 3 is 2.47 bits per heavy atom. The minimum Gasteiger partial charge on any atom is -0.496 e.